The van der Waals surface area contributed by atoms with Crippen LogP contribution in [0, 0.1) is 5.92 Å². The average Bonchev–Trinajstić information content (AvgIpc) is 3.25. The van der Waals surface area contributed by atoms with Crippen LogP contribution in [0.5, 0.6) is 11.6 Å². The summed E-state index contributed by atoms with van der Waals surface area (Å²) in [4.78, 5) is 23.1. The van der Waals surface area contributed by atoms with E-state index in [0.29, 0.717) is 18.5 Å². The van der Waals surface area contributed by atoms with Crippen LogP contribution in [-0.2, 0) is 26.1 Å². The van der Waals surface area contributed by atoms with E-state index in [9.17, 15) is 45.1 Å². The van der Waals surface area contributed by atoms with E-state index in [4.69, 9.17) is 9.47 Å². The Morgan fingerprint density at radius 2 is 1.93 bits per heavy atom. The van der Waals surface area contributed by atoms with Gasteiger partial charge in [0.2, 0.25) is 5.60 Å². The van der Waals surface area contributed by atoms with Crippen LogP contribution >= 0.6 is 0 Å². The number of hydrogen-bond donors (Lipinski definition) is 2. The minimum absolute atomic E-state index is 0.0584. The Balaban J connectivity index is 2.05. The first-order valence-corrected chi connectivity index (χ1v) is 13.9. The SMILES string of the molecule is CCOc1nn(CC(F)F)cc1S(=O)(=O)N1CC(CC(C)C(=O)O)Oc2ccc(NC(=O)OC(C)(C)C(F)(F)F)cc21. The second-order valence-electron chi connectivity index (χ2n) is 9.80. The van der Waals surface area contributed by atoms with Gasteiger partial charge in [0.05, 0.1) is 24.8 Å². The number of fused-ring (bicyclic) bond motifs is 1. The van der Waals surface area contributed by atoms with Crippen LogP contribution < -0.4 is 19.1 Å². The largest absolute Gasteiger partial charge is 0.486 e. The number of aliphatic carboxylic acids is 1. The predicted molar refractivity (Wildman–Crippen MR) is 136 cm³/mol. The Morgan fingerprint density at radius 3 is 2.50 bits per heavy atom. The maximum absolute atomic E-state index is 13.9. The van der Waals surface area contributed by atoms with Gasteiger partial charge in [0.1, 0.15) is 18.4 Å². The maximum atomic E-state index is 13.9. The third-order valence-electron chi connectivity index (χ3n) is 6.08. The van der Waals surface area contributed by atoms with E-state index < -0.39 is 76.2 Å². The van der Waals surface area contributed by atoms with Crippen molar-refractivity contribution < 1.29 is 59.3 Å². The highest BCUT2D eigenvalue weighted by Gasteiger charge is 2.51. The minimum atomic E-state index is -4.88. The average molecular weight is 629 g/mol. The van der Waals surface area contributed by atoms with Crippen molar-refractivity contribution in [3.63, 3.8) is 0 Å². The van der Waals surface area contributed by atoms with Crippen LogP contribution in [0.4, 0.5) is 38.1 Å². The standard InChI is InChI=1S/C24H29F5N4O8S/c1-5-39-20-18(11-32(31-20)12-19(25)26)42(37,38)33-10-15(8-13(2)21(34)35)40-17-7-6-14(9-16(17)33)30-22(36)41-23(3,4)24(27,28)29/h6-7,9,11,13,15,19H,5,8,10,12H2,1-4H3,(H,30,36)(H,34,35). The summed E-state index contributed by atoms with van der Waals surface area (Å²) in [7, 11) is -4.67. The van der Waals surface area contributed by atoms with Gasteiger partial charge in [-0.3, -0.25) is 19.1 Å². The summed E-state index contributed by atoms with van der Waals surface area (Å²) in [6.07, 6.45) is -9.48. The highest BCUT2D eigenvalue weighted by molar-refractivity contribution is 7.93. The molecule has 0 radical (unpaired) electrons. The third kappa shape index (κ3) is 7.32. The molecule has 1 amide bonds. The number of nitrogens with one attached hydrogen (secondary N) is 1. The van der Waals surface area contributed by atoms with Crippen LogP contribution in [0.2, 0.25) is 0 Å². The Bertz CT molecular complexity index is 1410. The molecule has 1 aliphatic rings. The van der Waals surface area contributed by atoms with Gasteiger partial charge in [-0.05, 0) is 45.4 Å². The second-order valence-corrected chi connectivity index (χ2v) is 11.6. The van der Waals surface area contributed by atoms with Gasteiger partial charge in [0.15, 0.2) is 4.90 Å². The monoisotopic (exact) mass is 628 g/mol. The third-order valence-corrected chi connectivity index (χ3v) is 7.84. The summed E-state index contributed by atoms with van der Waals surface area (Å²) in [6.45, 7) is 2.76. The summed E-state index contributed by atoms with van der Waals surface area (Å²) in [5.41, 5.74) is -3.20. The predicted octanol–water partition coefficient (Wildman–Crippen LogP) is 4.50. The molecule has 0 fully saturated rings. The Labute approximate surface area is 237 Å². The van der Waals surface area contributed by atoms with Gasteiger partial charge in [0, 0.05) is 11.9 Å². The number of benzene rings is 1. The number of amides is 1. The zero-order valence-electron chi connectivity index (χ0n) is 22.8. The first-order valence-electron chi connectivity index (χ1n) is 12.5. The molecule has 0 spiro atoms. The zero-order valence-corrected chi connectivity index (χ0v) is 23.6. The van der Waals surface area contributed by atoms with Gasteiger partial charge in [-0.15, -0.1) is 5.10 Å². The first kappa shape index (κ1) is 32.7. The van der Waals surface area contributed by atoms with Crippen LogP contribution in [0.1, 0.15) is 34.1 Å². The van der Waals surface area contributed by atoms with Gasteiger partial charge in [-0.2, -0.15) is 13.2 Å². The molecule has 0 saturated heterocycles. The number of hydrogen-bond acceptors (Lipinski definition) is 8. The van der Waals surface area contributed by atoms with Crippen molar-refractivity contribution in [3.05, 3.63) is 24.4 Å². The number of sulfonamides is 1. The summed E-state index contributed by atoms with van der Waals surface area (Å²) >= 11 is 0. The number of ether oxygens (including phenoxy) is 3. The lowest BCUT2D eigenvalue weighted by molar-refractivity contribution is -0.242. The smallest absolute Gasteiger partial charge is 0.427 e. The van der Waals surface area contributed by atoms with Gasteiger partial charge in [-0.1, -0.05) is 6.92 Å². The Kier molecular flexibility index (Phi) is 9.48. The molecule has 0 bridgehead atoms. The Hall–Kier alpha value is -3.83. The summed E-state index contributed by atoms with van der Waals surface area (Å²) in [6, 6.07) is 3.53. The lowest BCUT2D eigenvalue weighted by Crippen LogP contribution is -2.45. The van der Waals surface area contributed by atoms with Crippen molar-refractivity contribution in [2.75, 3.05) is 22.8 Å². The van der Waals surface area contributed by atoms with Crippen molar-refractivity contribution >= 4 is 33.5 Å². The molecule has 0 saturated carbocycles. The molecule has 0 aliphatic carbocycles. The molecule has 2 unspecified atom stereocenters. The minimum Gasteiger partial charge on any atom is -0.486 e. The quantitative estimate of drug-likeness (QED) is 0.343. The van der Waals surface area contributed by atoms with Gasteiger partial charge in [-0.25, -0.2) is 22.0 Å². The number of carbonyl (C=O) groups excluding carboxylic acids is 1. The molecule has 1 aromatic heterocycles. The molecule has 2 atom stereocenters. The number of carbonyl (C=O) groups is 2. The van der Waals surface area contributed by atoms with Crippen molar-refractivity contribution in [3.8, 4) is 11.6 Å². The zero-order chi connectivity index (χ0) is 31.6. The maximum Gasteiger partial charge on any atom is 0.427 e. The molecular formula is C24H29F5N4O8S. The number of rotatable bonds is 11. The number of nitrogens with zero attached hydrogens (tertiary/aromatic N) is 3. The lowest BCUT2D eigenvalue weighted by Gasteiger charge is -2.36. The van der Waals surface area contributed by atoms with Crippen molar-refractivity contribution in [1.82, 2.24) is 9.78 Å². The molecule has 12 nitrogen and oxygen atoms in total. The van der Waals surface area contributed by atoms with Gasteiger partial charge in [0.25, 0.3) is 22.3 Å². The summed E-state index contributed by atoms with van der Waals surface area (Å²) < 4.78 is 110. The van der Waals surface area contributed by atoms with E-state index in [1.807, 2.05) is 0 Å². The van der Waals surface area contributed by atoms with E-state index in [1.165, 1.54) is 26.0 Å². The fourth-order valence-corrected chi connectivity index (χ4v) is 5.40. The van der Waals surface area contributed by atoms with Crippen molar-refractivity contribution in [1.29, 1.82) is 0 Å². The Morgan fingerprint density at radius 1 is 1.26 bits per heavy atom. The van der Waals surface area contributed by atoms with Crippen molar-refractivity contribution in [2.45, 2.75) is 69.9 Å². The summed E-state index contributed by atoms with van der Waals surface area (Å²) in [5, 5.41) is 15.2. The molecule has 1 aliphatic heterocycles. The topological polar surface area (TPSA) is 149 Å². The number of alkyl halides is 5. The van der Waals surface area contributed by atoms with E-state index in [2.05, 4.69) is 15.2 Å². The molecule has 2 heterocycles. The number of aromatic nitrogens is 2. The van der Waals surface area contributed by atoms with Crippen LogP contribution in [0.15, 0.2) is 29.3 Å². The van der Waals surface area contributed by atoms with Crippen LogP contribution in [0.3, 0.4) is 0 Å². The van der Waals surface area contributed by atoms with Gasteiger partial charge >= 0.3 is 18.2 Å². The molecule has 2 N–H and O–H groups in total. The fraction of sp³-hybridized carbons (Fsp3) is 0.542. The number of carboxylic acids is 1. The molecule has 18 heteroatoms. The normalized spacial score (nSPS) is 16.4. The number of anilines is 2. The van der Waals surface area contributed by atoms with E-state index in [0.717, 1.165) is 16.6 Å². The fourth-order valence-electron chi connectivity index (χ4n) is 3.82. The second kappa shape index (κ2) is 12.2. The lowest BCUT2D eigenvalue weighted by atomic mass is 10.0. The highest BCUT2D eigenvalue weighted by atomic mass is 32.2. The molecule has 1 aromatic carbocycles. The van der Waals surface area contributed by atoms with E-state index >= 15 is 0 Å². The number of halogens is 5. The van der Waals surface area contributed by atoms with E-state index in [-0.39, 0.29) is 30.2 Å². The molecular weight excluding hydrogens is 599 g/mol. The van der Waals surface area contributed by atoms with Crippen LogP contribution in [0.25, 0.3) is 0 Å². The first-order chi connectivity index (χ1) is 19.4. The van der Waals surface area contributed by atoms with Gasteiger partial charge < -0.3 is 19.3 Å². The van der Waals surface area contributed by atoms with Crippen LogP contribution in [-0.4, -0.2) is 72.8 Å². The molecule has 3 rings (SSSR count). The molecule has 2 aromatic rings. The summed E-state index contributed by atoms with van der Waals surface area (Å²) in [5.74, 6) is -2.64. The number of carboxylic acid groups (broad SMARTS) is 1. The van der Waals surface area contributed by atoms with E-state index in [1.54, 1.807) is 0 Å². The molecule has 42 heavy (non-hydrogen) atoms. The highest BCUT2D eigenvalue weighted by Crippen LogP contribution is 2.41. The van der Waals surface area contributed by atoms with Crippen molar-refractivity contribution in [2.24, 2.45) is 5.92 Å². The molecule has 234 valence electrons.